The van der Waals surface area contributed by atoms with Gasteiger partial charge in [-0.05, 0) is 72.8 Å². The molecule has 1 aromatic heterocycles. The average molecular weight is 382 g/mol. The van der Waals surface area contributed by atoms with Gasteiger partial charge in [0.2, 0.25) is 0 Å². The Morgan fingerprint density at radius 1 is 1.14 bits per heavy atom. The molecule has 3 heteroatoms. The number of aliphatic hydroxyl groups is 1. The molecular formula is C25H35NO2. The number of aliphatic hydroxyl groups excluding tert-OH is 1. The molecule has 3 fully saturated rings. The topological polar surface area (TPSA) is 42.4 Å². The van der Waals surface area contributed by atoms with Gasteiger partial charge in [-0.1, -0.05) is 32.8 Å². The van der Waals surface area contributed by atoms with Gasteiger partial charge in [-0.3, -0.25) is 4.98 Å². The number of nitrogens with zero attached hydrogens (tertiary/aromatic N) is 1. The van der Waals surface area contributed by atoms with Gasteiger partial charge in [-0.15, -0.1) is 0 Å². The minimum Gasteiger partial charge on any atom is -0.501 e. The van der Waals surface area contributed by atoms with E-state index in [1.807, 2.05) is 25.6 Å². The van der Waals surface area contributed by atoms with Crippen LogP contribution in [0.25, 0.3) is 5.57 Å². The molecule has 4 aliphatic carbocycles. The Labute approximate surface area is 169 Å². The fraction of sp³-hybridized carbons (Fsp3) is 0.720. The SMILES string of the molecule is COC1=C(c2cccnc2)[C@@]2(C)CC[C@H]3[C@@H]([C@@H](O)CC4CCCC[C@@]43C)[C@@H]2C1. The Kier molecular flexibility index (Phi) is 4.39. The molecule has 3 nitrogen and oxygen atoms in total. The molecule has 4 aliphatic rings. The summed E-state index contributed by atoms with van der Waals surface area (Å²) >= 11 is 0. The molecule has 28 heavy (non-hydrogen) atoms. The third-order valence-electron chi connectivity index (χ3n) is 9.44. The fourth-order valence-corrected chi connectivity index (χ4v) is 8.08. The fourth-order valence-electron chi connectivity index (χ4n) is 8.08. The van der Waals surface area contributed by atoms with Crippen LogP contribution in [0.15, 0.2) is 30.3 Å². The van der Waals surface area contributed by atoms with Crippen LogP contribution in [-0.4, -0.2) is 23.3 Å². The first-order valence-electron chi connectivity index (χ1n) is 11.3. The smallest absolute Gasteiger partial charge is 0.100 e. The van der Waals surface area contributed by atoms with Crippen molar-refractivity contribution < 1.29 is 9.84 Å². The van der Waals surface area contributed by atoms with Gasteiger partial charge in [-0.25, -0.2) is 0 Å². The summed E-state index contributed by atoms with van der Waals surface area (Å²) in [5, 5.41) is 11.4. The molecule has 3 saturated carbocycles. The average Bonchev–Trinajstić information content (AvgIpc) is 3.01. The normalized spacial score (nSPS) is 45.2. The van der Waals surface area contributed by atoms with Gasteiger partial charge in [0.15, 0.2) is 0 Å². The second-order valence-electron chi connectivity index (χ2n) is 10.4. The maximum absolute atomic E-state index is 11.4. The van der Waals surface area contributed by atoms with Crippen molar-refractivity contribution in [2.75, 3.05) is 7.11 Å². The van der Waals surface area contributed by atoms with Crippen molar-refractivity contribution >= 4 is 5.57 Å². The van der Waals surface area contributed by atoms with Gasteiger partial charge >= 0.3 is 0 Å². The summed E-state index contributed by atoms with van der Waals surface area (Å²) in [6.45, 7) is 4.99. The Hall–Kier alpha value is -1.35. The first-order chi connectivity index (χ1) is 13.5. The Morgan fingerprint density at radius 2 is 2.00 bits per heavy atom. The lowest BCUT2D eigenvalue weighted by Gasteiger charge is -2.61. The third kappa shape index (κ3) is 2.47. The molecule has 152 valence electrons. The van der Waals surface area contributed by atoms with Gasteiger partial charge < -0.3 is 9.84 Å². The molecule has 0 radical (unpaired) electrons. The highest BCUT2D eigenvalue weighted by Crippen LogP contribution is 2.68. The zero-order valence-electron chi connectivity index (χ0n) is 17.7. The van der Waals surface area contributed by atoms with E-state index in [9.17, 15) is 5.11 Å². The molecule has 0 amide bonds. The van der Waals surface area contributed by atoms with Crippen LogP contribution in [0.3, 0.4) is 0 Å². The summed E-state index contributed by atoms with van der Waals surface area (Å²) in [4.78, 5) is 4.39. The van der Waals surface area contributed by atoms with Gasteiger partial charge in [0, 0.05) is 29.8 Å². The van der Waals surface area contributed by atoms with Crippen LogP contribution in [0.1, 0.15) is 70.8 Å². The second kappa shape index (κ2) is 6.58. The monoisotopic (exact) mass is 381 g/mol. The lowest BCUT2D eigenvalue weighted by atomic mass is 9.44. The summed E-state index contributed by atoms with van der Waals surface area (Å²) < 4.78 is 5.95. The van der Waals surface area contributed by atoms with Gasteiger partial charge in [-0.2, -0.15) is 0 Å². The second-order valence-corrected chi connectivity index (χ2v) is 10.4. The Balaban J connectivity index is 1.55. The van der Waals surface area contributed by atoms with E-state index in [0.717, 1.165) is 24.5 Å². The molecule has 0 spiro atoms. The maximum Gasteiger partial charge on any atom is 0.100 e. The van der Waals surface area contributed by atoms with E-state index in [1.165, 1.54) is 49.7 Å². The van der Waals surface area contributed by atoms with Crippen LogP contribution >= 0.6 is 0 Å². The van der Waals surface area contributed by atoms with E-state index < -0.39 is 0 Å². The van der Waals surface area contributed by atoms with E-state index in [0.29, 0.717) is 23.2 Å². The molecule has 1 heterocycles. The molecule has 0 bridgehead atoms. The number of hydrogen-bond donors (Lipinski definition) is 1. The number of methoxy groups -OCH3 is 1. The van der Waals surface area contributed by atoms with Gasteiger partial charge in [0.25, 0.3) is 0 Å². The molecule has 7 atom stereocenters. The van der Waals surface area contributed by atoms with Crippen molar-refractivity contribution in [2.45, 2.75) is 71.3 Å². The number of aromatic nitrogens is 1. The first-order valence-corrected chi connectivity index (χ1v) is 11.3. The van der Waals surface area contributed by atoms with Crippen LogP contribution in [0, 0.1) is 34.5 Å². The van der Waals surface area contributed by atoms with Crippen LogP contribution in [0.2, 0.25) is 0 Å². The third-order valence-corrected chi connectivity index (χ3v) is 9.44. The largest absolute Gasteiger partial charge is 0.501 e. The number of hydrogen-bond acceptors (Lipinski definition) is 3. The summed E-state index contributed by atoms with van der Waals surface area (Å²) in [6.07, 6.45) is 13.5. The van der Waals surface area contributed by atoms with Crippen LogP contribution in [0.4, 0.5) is 0 Å². The summed E-state index contributed by atoms with van der Waals surface area (Å²) in [5.41, 5.74) is 3.06. The van der Waals surface area contributed by atoms with Gasteiger partial charge in [0.1, 0.15) is 5.76 Å². The number of pyridine rings is 1. The van der Waals surface area contributed by atoms with E-state index in [1.54, 1.807) is 0 Å². The summed E-state index contributed by atoms with van der Waals surface area (Å²) in [5.74, 6) is 3.38. The van der Waals surface area contributed by atoms with Crippen molar-refractivity contribution in [3.05, 3.63) is 35.8 Å². The van der Waals surface area contributed by atoms with E-state index >= 15 is 0 Å². The van der Waals surface area contributed by atoms with Crippen molar-refractivity contribution in [1.29, 1.82) is 0 Å². The maximum atomic E-state index is 11.4. The van der Waals surface area contributed by atoms with Crippen molar-refractivity contribution in [1.82, 2.24) is 4.98 Å². The Morgan fingerprint density at radius 3 is 2.75 bits per heavy atom. The molecule has 0 aromatic carbocycles. The van der Waals surface area contributed by atoms with Crippen LogP contribution in [0.5, 0.6) is 0 Å². The lowest BCUT2D eigenvalue weighted by Crippen LogP contribution is -2.57. The molecular weight excluding hydrogens is 346 g/mol. The minimum absolute atomic E-state index is 0.0778. The predicted octanol–water partition coefficient (Wildman–Crippen LogP) is 5.45. The van der Waals surface area contributed by atoms with E-state index in [2.05, 4.69) is 24.9 Å². The zero-order valence-corrected chi connectivity index (χ0v) is 17.7. The van der Waals surface area contributed by atoms with E-state index in [-0.39, 0.29) is 11.5 Å². The Bertz CT molecular complexity index is 774. The predicted molar refractivity (Wildman–Crippen MR) is 111 cm³/mol. The molecule has 5 rings (SSSR count). The van der Waals surface area contributed by atoms with E-state index in [4.69, 9.17) is 4.74 Å². The van der Waals surface area contributed by atoms with Crippen molar-refractivity contribution in [3.63, 3.8) is 0 Å². The van der Waals surface area contributed by atoms with Crippen LogP contribution < -0.4 is 0 Å². The molecule has 1 aromatic rings. The molecule has 1 unspecified atom stereocenters. The number of rotatable bonds is 2. The summed E-state index contributed by atoms with van der Waals surface area (Å²) in [6, 6.07) is 4.21. The molecule has 0 aliphatic heterocycles. The highest BCUT2D eigenvalue weighted by Gasteiger charge is 2.62. The van der Waals surface area contributed by atoms with Crippen molar-refractivity contribution in [2.24, 2.45) is 34.5 Å². The highest BCUT2D eigenvalue weighted by atomic mass is 16.5. The quantitative estimate of drug-likeness (QED) is 0.740. The number of fused-ring (bicyclic) bond motifs is 5. The van der Waals surface area contributed by atoms with Gasteiger partial charge in [0.05, 0.1) is 13.2 Å². The lowest BCUT2D eigenvalue weighted by molar-refractivity contribution is -0.152. The number of allylic oxidation sites excluding steroid dienone is 2. The van der Waals surface area contributed by atoms with Crippen molar-refractivity contribution in [3.8, 4) is 0 Å². The standard InChI is InChI=1S/C25H35NO2/c1-24-10-5-4-8-17(24)13-20(27)22-18(24)9-11-25(2)19(22)14-21(28-3)23(25)16-7-6-12-26-15-16/h6-7,12,15,17-20,22,27H,4-5,8-11,13-14H2,1-3H3/t17?,18-,19-,20-,22+,24-,25-/m0/s1. The molecule has 0 saturated heterocycles. The first kappa shape index (κ1) is 18.7. The highest BCUT2D eigenvalue weighted by molar-refractivity contribution is 5.74. The molecule has 1 N–H and O–H groups in total. The number of ether oxygens (including phenoxy) is 1. The van der Waals surface area contributed by atoms with Crippen LogP contribution in [-0.2, 0) is 4.74 Å². The minimum atomic E-state index is -0.155. The summed E-state index contributed by atoms with van der Waals surface area (Å²) in [7, 11) is 1.82. The zero-order chi connectivity index (χ0) is 19.5.